The molecule has 0 radical (unpaired) electrons. The molecule has 1 aromatic carbocycles. The van der Waals surface area contributed by atoms with Crippen molar-refractivity contribution in [3.63, 3.8) is 0 Å². The van der Waals surface area contributed by atoms with Crippen molar-refractivity contribution in [2.75, 3.05) is 25.1 Å². The maximum absolute atomic E-state index is 13.0. The Morgan fingerprint density at radius 1 is 1.25 bits per heavy atom. The van der Waals surface area contributed by atoms with Crippen molar-refractivity contribution in [3.05, 3.63) is 35.6 Å². The number of amides is 4. The lowest BCUT2D eigenvalue weighted by Crippen LogP contribution is -2.42. The number of aromatic nitrogens is 1. The van der Waals surface area contributed by atoms with E-state index in [1.54, 1.807) is 32.0 Å². The third-order valence-corrected chi connectivity index (χ3v) is 4.59. The number of hydrogen-bond acceptors (Lipinski definition) is 7. The summed E-state index contributed by atoms with van der Waals surface area (Å²) in [5, 5.41) is 8.79. The molecule has 1 aromatic heterocycles. The molecule has 3 heterocycles. The van der Waals surface area contributed by atoms with Gasteiger partial charge >= 0.3 is 6.03 Å². The molecular formula is C18H18N4O6. The lowest BCUT2D eigenvalue weighted by atomic mass is 9.91. The molecule has 146 valence electrons. The van der Waals surface area contributed by atoms with Crippen LogP contribution in [0.15, 0.2) is 28.8 Å². The number of nitrogens with zero attached hydrogens (tertiary/aromatic N) is 2. The van der Waals surface area contributed by atoms with E-state index in [0.29, 0.717) is 36.0 Å². The number of fused-ring (bicyclic) bond motifs is 1. The maximum Gasteiger partial charge on any atom is 0.325 e. The summed E-state index contributed by atoms with van der Waals surface area (Å²) in [6.07, 6.45) is 0. The fourth-order valence-corrected chi connectivity index (χ4v) is 3.14. The number of aryl methyl sites for hydroxylation is 1. The van der Waals surface area contributed by atoms with E-state index in [4.69, 9.17) is 14.0 Å². The van der Waals surface area contributed by atoms with E-state index < -0.39 is 29.9 Å². The molecule has 0 saturated carbocycles. The van der Waals surface area contributed by atoms with Crippen LogP contribution < -0.4 is 20.1 Å². The van der Waals surface area contributed by atoms with Gasteiger partial charge in [0.1, 0.15) is 31.1 Å². The van der Waals surface area contributed by atoms with Gasteiger partial charge in [-0.15, -0.1) is 0 Å². The number of hydrogen-bond donors (Lipinski definition) is 2. The van der Waals surface area contributed by atoms with Crippen molar-refractivity contribution in [2.24, 2.45) is 0 Å². The predicted molar refractivity (Wildman–Crippen MR) is 94.9 cm³/mol. The van der Waals surface area contributed by atoms with Gasteiger partial charge in [0.25, 0.3) is 5.91 Å². The summed E-state index contributed by atoms with van der Waals surface area (Å²) in [5.41, 5.74) is -0.789. The van der Waals surface area contributed by atoms with Crippen LogP contribution in [-0.4, -0.2) is 47.7 Å². The van der Waals surface area contributed by atoms with E-state index in [9.17, 15) is 14.4 Å². The van der Waals surface area contributed by atoms with Gasteiger partial charge in [-0.25, -0.2) is 4.79 Å². The fraction of sp³-hybridized carbons (Fsp3) is 0.333. The first-order chi connectivity index (χ1) is 13.4. The highest BCUT2D eigenvalue weighted by molar-refractivity contribution is 6.10. The molecule has 28 heavy (non-hydrogen) atoms. The predicted octanol–water partition coefficient (Wildman–Crippen LogP) is 1.16. The number of anilines is 1. The number of carbonyl (C=O) groups excluding carboxylic acids is 3. The minimum absolute atomic E-state index is 0.212. The zero-order valence-corrected chi connectivity index (χ0v) is 15.3. The highest BCUT2D eigenvalue weighted by Gasteiger charge is 2.49. The third kappa shape index (κ3) is 3.02. The first-order valence-electron chi connectivity index (χ1n) is 8.64. The van der Waals surface area contributed by atoms with Crippen molar-refractivity contribution in [2.45, 2.75) is 19.4 Å². The van der Waals surface area contributed by atoms with Crippen LogP contribution in [0.2, 0.25) is 0 Å². The highest BCUT2D eigenvalue weighted by atomic mass is 16.6. The standard InChI is InChI=1S/C18H18N4O6/c1-10-7-14(21-28-10)19-15(23)9-22-16(24)18(2,20-17(22)25)11-3-4-12-13(8-11)27-6-5-26-12/h3-4,7-8H,5-6,9H2,1-2H3,(H,20,25)(H,19,21,23). The van der Waals surface area contributed by atoms with Gasteiger partial charge in [-0.1, -0.05) is 11.2 Å². The Balaban J connectivity index is 1.52. The van der Waals surface area contributed by atoms with Crippen LogP contribution in [0.4, 0.5) is 10.6 Å². The van der Waals surface area contributed by atoms with Crippen molar-refractivity contribution in [3.8, 4) is 11.5 Å². The van der Waals surface area contributed by atoms with Gasteiger partial charge in [-0.3, -0.25) is 14.5 Å². The van der Waals surface area contributed by atoms with Gasteiger partial charge in [0.2, 0.25) is 5.91 Å². The quantitative estimate of drug-likeness (QED) is 0.756. The smallest absolute Gasteiger partial charge is 0.325 e. The van der Waals surface area contributed by atoms with Crippen LogP contribution in [0.25, 0.3) is 0 Å². The van der Waals surface area contributed by atoms with Crippen LogP contribution in [0.1, 0.15) is 18.2 Å². The van der Waals surface area contributed by atoms with Gasteiger partial charge in [0, 0.05) is 6.07 Å². The minimum atomic E-state index is -1.32. The van der Waals surface area contributed by atoms with Crippen molar-refractivity contribution in [1.29, 1.82) is 0 Å². The van der Waals surface area contributed by atoms with Crippen molar-refractivity contribution < 1.29 is 28.4 Å². The largest absolute Gasteiger partial charge is 0.486 e. The van der Waals surface area contributed by atoms with Gasteiger partial charge in [0.05, 0.1) is 0 Å². The van der Waals surface area contributed by atoms with E-state index in [2.05, 4.69) is 15.8 Å². The molecule has 2 N–H and O–H groups in total. The second-order valence-electron chi connectivity index (χ2n) is 6.68. The van der Waals surface area contributed by atoms with Crippen LogP contribution in [0.5, 0.6) is 11.5 Å². The van der Waals surface area contributed by atoms with Crippen LogP contribution in [-0.2, 0) is 15.1 Å². The third-order valence-electron chi connectivity index (χ3n) is 4.59. The van der Waals surface area contributed by atoms with Crippen molar-refractivity contribution >= 4 is 23.7 Å². The highest BCUT2D eigenvalue weighted by Crippen LogP contribution is 2.36. The lowest BCUT2D eigenvalue weighted by Gasteiger charge is -2.25. The van der Waals surface area contributed by atoms with Crippen molar-refractivity contribution in [1.82, 2.24) is 15.4 Å². The van der Waals surface area contributed by atoms with E-state index in [-0.39, 0.29) is 5.82 Å². The number of rotatable bonds is 4. The molecule has 4 amide bonds. The SMILES string of the molecule is Cc1cc(NC(=O)CN2C(=O)NC(C)(c3ccc4c(c3)OCCO4)C2=O)no1. The molecule has 0 aliphatic carbocycles. The monoisotopic (exact) mass is 386 g/mol. The van der Waals surface area contributed by atoms with E-state index in [0.717, 1.165) is 4.90 Å². The summed E-state index contributed by atoms with van der Waals surface area (Å²) < 4.78 is 15.9. The topological polar surface area (TPSA) is 123 Å². The molecule has 1 saturated heterocycles. The van der Waals surface area contributed by atoms with Crippen LogP contribution in [0, 0.1) is 6.92 Å². The molecule has 10 nitrogen and oxygen atoms in total. The van der Waals surface area contributed by atoms with Gasteiger partial charge in [-0.2, -0.15) is 0 Å². The van der Waals surface area contributed by atoms with Crippen LogP contribution in [0.3, 0.4) is 0 Å². The number of imide groups is 1. The molecule has 1 unspecified atom stereocenters. The second-order valence-corrected chi connectivity index (χ2v) is 6.68. The average Bonchev–Trinajstić information content (AvgIpc) is 3.17. The molecule has 10 heteroatoms. The molecule has 1 fully saturated rings. The fourth-order valence-electron chi connectivity index (χ4n) is 3.14. The molecule has 1 atom stereocenters. The minimum Gasteiger partial charge on any atom is -0.486 e. The number of carbonyl (C=O) groups is 3. The Labute approximate surface area is 159 Å². The Kier molecular flexibility index (Phi) is 4.17. The molecular weight excluding hydrogens is 368 g/mol. The lowest BCUT2D eigenvalue weighted by molar-refractivity contribution is -0.133. The summed E-state index contributed by atoms with van der Waals surface area (Å²) >= 11 is 0. The second kappa shape index (κ2) is 6.55. The summed E-state index contributed by atoms with van der Waals surface area (Å²) in [6.45, 7) is 3.67. The molecule has 2 aromatic rings. The van der Waals surface area contributed by atoms with Gasteiger partial charge in [0.15, 0.2) is 17.3 Å². The van der Waals surface area contributed by atoms with Gasteiger partial charge in [-0.05, 0) is 31.5 Å². The first-order valence-corrected chi connectivity index (χ1v) is 8.64. The number of nitrogens with one attached hydrogen (secondary N) is 2. The first kappa shape index (κ1) is 17.8. The molecule has 0 bridgehead atoms. The average molecular weight is 386 g/mol. The summed E-state index contributed by atoms with van der Waals surface area (Å²) in [5.74, 6) is 0.712. The Morgan fingerprint density at radius 2 is 2.00 bits per heavy atom. The van der Waals surface area contributed by atoms with E-state index >= 15 is 0 Å². The number of ether oxygens (including phenoxy) is 2. The molecule has 2 aliphatic rings. The summed E-state index contributed by atoms with van der Waals surface area (Å²) in [4.78, 5) is 38.4. The maximum atomic E-state index is 13.0. The number of benzene rings is 1. The van der Waals surface area contributed by atoms with Crippen LogP contribution >= 0.6 is 0 Å². The normalized spacial score (nSPS) is 20.9. The zero-order valence-electron chi connectivity index (χ0n) is 15.3. The molecule has 0 spiro atoms. The molecule has 4 rings (SSSR count). The van der Waals surface area contributed by atoms with E-state index in [1.807, 2.05) is 0 Å². The van der Waals surface area contributed by atoms with E-state index in [1.165, 1.54) is 6.07 Å². The Bertz CT molecular complexity index is 971. The Hall–Kier alpha value is -3.56. The summed E-state index contributed by atoms with van der Waals surface area (Å²) in [6, 6.07) is 5.91. The number of urea groups is 1. The summed E-state index contributed by atoms with van der Waals surface area (Å²) in [7, 11) is 0. The van der Waals surface area contributed by atoms with Gasteiger partial charge < -0.3 is 24.6 Å². The Morgan fingerprint density at radius 3 is 2.71 bits per heavy atom. The zero-order chi connectivity index (χ0) is 19.9. The molecule has 2 aliphatic heterocycles.